The average molecular weight is 380 g/mol. The first-order valence-electron chi connectivity index (χ1n) is 7.90. The highest BCUT2D eigenvalue weighted by Gasteiger charge is 2.28. The first-order valence-corrected chi connectivity index (χ1v) is 10.9. The third-order valence-electron chi connectivity index (χ3n) is 4.10. The van der Waals surface area contributed by atoms with E-state index in [2.05, 4.69) is 9.44 Å². The summed E-state index contributed by atoms with van der Waals surface area (Å²) < 4.78 is 54.3. The molecule has 0 aliphatic heterocycles. The molecular formula is C17H20N2O4S2. The molecule has 0 spiro atoms. The Morgan fingerprint density at radius 3 is 1.88 bits per heavy atom. The van der Waals surface area contributed by atoms with E-state index < -0.39 is 20.0 Å². The predicted molar refractivity (Wildman–Crippen MR) is 96.5 cm³/mol. The standard InChI is InChI=1S/C17H20N2O4S2/c1-12-3-4-15(11-13(12)2)19-25(22,23)17-9-7-16(8-10-17)24(20,21)18-14-5-6-14/h3-4,7-11,14,18-19H,5-6H2,1-2H3. The number of anilines is 1. The molecule has 0 unspecified atom stereocenters. The van der Waals surface area contributed by atoms with Gasteiger partial charge in [-0.3, -0.25) is 4.72 Å². The molecule has 3 rings (SSSR count). The molecule has 1 fully saturated rings. The quantitative estimate of drug-likeness (QED) is 0.805. The second kappa shape index (κ2) is 6.44. The Labute approximate surface area is 148 Å². The fourth-order valence-corrected chi connectivity index (χ4v) is 4.66. The lowest BCUT2D eigenvalue weighted by atomic mass is 10.1. The van der Waals surface area contributed by atoms with E-state index in [-0.39, 0.29) is 15.8 Å². The van der Waals surface area contributed by atoms with Crippen molar-refractivity contribution in [3.8, 4) is 0 Å². The summed E-state index contributed by atoms with van der Waals surface area (Å²) in [7, 11) is -7.37. The van der Waals surface area contributed by atoms with E-state index >= 15 is 0 Å². The number of hydrogen-bond acceptors (Lipinski definition) is 4. The SMILES string of the molecule is Cc1ccc(NS(=O)(=O)c2ccc(S(=O)(=O)NC3CC3)cc2)cc1C. The van der Waals surface area contributed by atoms with Gasteiger partial charge in [0.1, 0.15) is 0 Å². The van der Waals surface area contributed by atoms with Crippen molar-refractivity contribution in [2.45, 2.75) is 42.5 Å². The van der Waals surface area contributed by atoms with Crippen molar-refractivity contribution in [3.05, 3.63) is 53.6 Å². The molecule has 0 atom stereocenters. The molecule has 2 aromatic rings. The lowest BCUT2D eigenvalue weighted by molar-refractivity contribution is 0.580. The van der Waals surface area contributed by atoms with Crippen LogP contribution in [0.4, 0.5) is 5.69 Å². The molecule has 25 heavy (non-hydrogen) atoms. The van der Waals surface area contributed by atoms with Crippen LogP contribution < -0.4 is 9.44 Å². The van der Waals surface area contributed by atoms with E-state index in [1.54, 1.807) is 12.1 Å². The monoisotopic (exact) mass is 380 g/mol. The third-order valence-corrected chi connectivity index (χ3v) is 7.04. The number of sulfonamides is 2. The van der Waals surface area contributed by atoms with Crippen molar-refractivity contribution >= 4 is 25.7 Å². The van der Waals surface area contributed by atoms with E-state index in [1.807, 2.05) is 19.9 Å². The number of hydrogen-bond donors (Lipinski definition) is 2. The van der Waals surface area contributed by atoms with Crippen LogP contribution in [-0.4, -0.2) is 22.9 Å². The van der Waals surface area contributed by atoms with Gasteiger partial charge in [0, 0.05) is 11.7 Å². The summed E-state index contributed by atoms with van der Waals surface area (Å²) in [5.74, 6) is 0. The van der Waals surface area contributed by atoms with E-state index in [4.69, 9.17) is 0 Å². The van der Waals surface area contributed by atoms with Crippen LogP contribution in [0.25, 0.3) is 0 Å². The fraction of sp³-hybridized carbons (Fsp3) is 0.294. The molecule has 1 aliphatic carbocycles. The van der Waals surface area contributed by atoms with Gasteiger partial charge in [-0.1, -0.05) is 6.07 Å². The number of benzene rings is 2. The van der Waals surface area contributed by atoms with Gasteiger partial charge in [0.2, 0.25) is 10.0 Å². The van der Waals surface area contributed by atoms with Crippen molar-refractivity contribution in [1.29, 1.82) is 0 Å². The van der Waals surface area contributed by atoms with Crippen molar-refractivity contribution in [3.63, 3.8) is 0 Å². The molecule has 134 valence electrons. The van der Waals surface area contributed by atoms with Gasteiger partial charge in [-0.05, 0) is 74.2 Å². The summed E-state index contributed by atoms with van der Waals surface area (Å²) in [6.45, 7) is 3.85. The van der Waals surface area contributed by atoms with Crippen LogP contribution >= 0.6 is 0 Å². The molecule has 1 aliphatic rings. The zero-order chi connectivity index (χ0) is 18.2. The normalized spacial score (nSPS) is 15.1. The van der Waals surface area contributed by atoms with Crippen LogP contribution in [0.3, 0.4) is 0 Å². The van der Waals surface area contributed by atoms with Crippen LogP contribution in [0.15, 0.2) is 52.3 Å². The summed E-state index contributed by atoms with van der Waals surface area (Å²) in [6, 6.07) is 10.5. The van der Waals surface area contributed by atoms with Gasteiger partial charge in [-0.15, -0.1) is 0 Å². The molecule has 1 saturated carbocycles. The summed E-state index contributed by atoms with van der Waals surface area (Å²) >= 11 is 0. The van der Waals surface area contributed by atoms with Crippen LogP contribution in [-0.2, 0) is 20.0 Å². The topological polar surface area (TPSA) is 92.3 Å². The van der Waals surface area contributed by atoms with E-state index in [1.165, 1.54) is 24.3 Å². The molecule has 6 nitrogen and oxygen atoms in total. The lowest BCUT2D eigenvalue weighted by Gasteiger charge is -2.11. The number of aryl methyl sites for hydroxylation is 2. The molecule has 0 aromatic heterocycles. The average Bonchev–Trinajstić information content (AvgIpc) is 3.34. The molecular weight excluding hydrogens is 360 g/mol. The Bertz CT molecular complexity index is 993. The maximum atomic E-state index is 12.5. The predicted octanol–water partition coefficient (Wildman–Crippen LogP) is 2.54. The second-order valence-electron chi connectivity index (χ2n) is 6.27. The van der Waals surface area contributed by atoms with Crippen LogP contribution in [0.1, 0.15) is 24.0 Å². The first kappa shape index (κ1) is 17.9. The minimum absolute atomic E-state index is 0.000136. The minimum Gasteiger partial charge on any atom is -0.280 e. The highest BCUT2D eigenvalue weighted by atomic mass is 32.2. The van der Waals surface area contributed by atoms with Crippen molar-refractivity contribution in [2.75, 3.05) is 4.72 Å². The molecule has 0 saturated heterocycles. The van der Waals surface area contributed by atoms with Gasteiger partial charge in [0.25, 0.3) is 10.0 Å². The summed E-state index contributed by atoms with van der Waals surface area (Å²) in [4.78, 5) is 0.0700. The van der Waals surface area contributed by atoms with E-state index in [0.29, 0.717) is 5.69 Å². The van der Waals surface area contributed by atoms with Gasteiger partial charge >= 0.3 is 0 Å². The molecule has 0 radical (unpaired) electrons. The number of rotatable bonds is 6. The summed E-state index contributed by atoms with van der Waals surface area (Å²) in [5, 5.41) is 0. The molecule has 0 heterocycles. The van der Waals surface area contributed by atoms with Gasteiger partial charge in [0.05, 0.1) is 9.79 Å². The van der Waals surface area contributed by atoms with Crippen molar-refractivity contribution in [2.24, 2.45) is 0 Å². The van der Waals surface area contributed by atoms with Gasteiger partial charge in [-0.25, -0.2) is 21.6 Å². The largest absolute Gasteiger partial charge is 0.280 e. The zero-order valence-electron chi connectivity index (χ0n) is 14.0. The first-order chi connectivity index (χ1) is 11.7. The van der Waals surface area contributed by atoms with Crippen LogP contribution in [0.2, 0.25) is 0 Å². The molecule has 2 aromatic carbocycles. The Kier molecular flexibility index (Phi) is 4.61. The zero-order valence-corrected chi connectivity index (χ0v) is 15.6. The second-order valence-corrected chi connectivity index (χ2v) is 9.67. The van der Waals surface area contributed by atoms with Crippen LogP contribution in [0, 0.1) is 13.8 Å². The maximum Gasteiger partial charge on any atom is 0.261 e. The van der Waals surface area contributed by atoms with E-state index in [9.17, 15) is 16.8 Å². The van der Waals surface area contributed by atoms with Gasteiger partial charge < -0.3 is 0 Å². The maximum absolute atomic E-state index is 12.5. The summed E-state index contributed by atoms with van der Waals surface area (Å²) in [5.41, 5.74) is 2.52. The summed E-state index contributed by atoms with van der Waals surface area (Å²) in [6.07, 6.45) is 1.68. The molecule has 0 bridgehead atoms. The van der Waals surface area contributed by atoms with Crippen LogP contribution in [0.5, 0.6) is 0 Å². The number of nitrogens with one attached hydrogen (secondary N) is 2. The fourth-order valence-electron chi connectivity index (χ4n) is 2.31. The highest BCUT2D eigenvalue weighted by Crippen LogP contribution is 2.23. The van der Waals surface area contributed by atoms with Gasteiger partial charge in [-0.2, -0.15) is 0 Å². The van der Waals surface area contributed by atoms with E-state index in [0.717, 1.165) is 24.0 Å². The smallest absolute Gasteiger partial charge is 0.261 e. The lowest BCUT2D eigenvalue weighted by Crippen LogP contribution is -2.25. The molecule has 8 heteroatoms. The Balaban J connectivity index is 1.81. The minimum atomic E-state index is -3.78. The Morgan fingerprint density at radius 1 is 0.800 bits per heavy atom. The van der Waals surface area contributed by atoms with Gasteiger partial charge in [0.15, 0.2) is 0 Å². The Hall–Kier alpha value is -1.90. The Morgan fingerprint density at radius 2 is 1.36 bits per heavy atom. The highest BCUT2D eigenvalue weighted by molar-refractivity contribution is 7.92. The van der Waals surface area contributed by atoms with Crippen molar-refractivity contribution in [1.82, 2.24) is 4.72 Å². The van der Waals surface area contributed by atoms with Crippen molar-refractivity contribution < 1.29 is 16.8 Å². The molecule has 2 N–H and O–H groups in total. The molecule has 0 amide bonds. The third kappa shape index (κ3) is 4.20.